The lowest BCUT2D eigenvalue weighted by molar-refractivity contribution is -0.131. The third kappa shape index (κ3) is 9.66. The molecule has 1 aromatic carbocycles. The Morgan fingerprint density at radius 1 is 0.806 bits per heavy atom. The third-order valence-electron chi connectivity index (χ3n) is 6.95. The normalized spacial score (nSPS) is 16.3. The van der Waals surface area contributed by atoms with Crippen molar-refractivity contribution >= 4 is 5.97 Å². The number of ether oxygens (including phenoxy) is 1. The van der Waals surface area contributed by atoms with Crippen LogP contribution in [-0.2, 0) is 17.6 Å². The lowest BCUT2D eigenvalue weighted by Gasteiger charge is -2.16. The topological polar surface area (TPSA) is 46.5 Å². The van der Waals surface area contributed by atoms with Crippen molar-refractivity contribution in [2.45, 2.75) is 112 Å². The smallest absolute Gasteiger partial charge is 0.315 e. The number of hydrogen-bond donors (Lipinski definition) is 1. The molecule has 0 unspecified atom stereocenters. The van der Waals surface area contributed by atoms with Crippen LogP contribution in [0, 0.1) is 23.7 Å². The number of fused-ring (bicyclic) bond motifs is 1. The van der Waals surface area contributed by atoms with Gasteiger partial charge in [-0.2, -0.15) is 0 Å². The van der Waals surface area contributed by atoms with Crippen molar-refractivity contribution in [2.24, 2.45) is 23.7 Å². The summed E-state index contributed by atoms with van der Waals surface area (Å²) in [7, 11) is 0. The van der Waals surface area contributed by atoms with Gasteiger partial charge in [0.1, 0.15) is 11.5 Å². The van der Waals surface area contributed by atoms with Gasteiger partial charge in [-0.3, -0.25) is 4.79 Å². The van der Waals surface area contributed by atoms with E-state index in [1.54, 1.807) is 12.1 Å². The van der Waals surface area contributed by atoms with Crippen LogP contribution < -0.4 is 4.74 Å². The maximum Gasteiger partial charge on any atom is 0.315 e. The molecule has 0 spiro atoms. The molecule has 3 heteroatoms. The minimum atomic E-state index is -0.214. The van der Waals surface area contributed by atoms with Crippen LogP contribution in [0.15, 0.2) is 12.1 Å². The number of benzene rings is 1. The molecule has 2 rings (SSSR count). The zero-order valence-electron chi connectivity index (χ0n) is 20.7. The fourth-order valence-electron chi connectivity index (χ4n) is 4.83. The van der Waals surface area contributed by atoms with Gasteiger partial charge in [0.05, 0.1) is 6.42 Å². The Balaban J connectivity index is 1.58. The number of carbonyl (C=O) groups is 1. The summed E-state index contributed by atoms with van der Waals surface area (Å²) in [6, 6.07) is 3.41. The molecule has 1 aliphatic rings. The van der Waals surface area contributed by atoms with Crippen LogP contribution in [0.2, 0.25) is 0 Å². The average Bonchev–Trinajstić information content (AvgIpc) is 3.05. The number of phenolic OH excluding ortho intramolecular Hbond substituents is 1. The van der Waals surface area contributed by atoms with Crippen molar-refractivity contribution in [3.63, 3.8) is 0 Å². The van der Waals surface area contributed by atoms with Gasteiger partial charge in [0, 0.05) is 5.56 Å². The quantitative estimate of drug-likeness (QED) is 0.227. The molecular formula is C28H46O3. The van der Waals surface area contributed by atoms with E-state index in [0.717, 1.165) is 41.7 Å². The molecule has 0 aliphatic carbocycles. The third-order valence-corrected chi connectivity index (χ3v) is 6.95. The predicted molar refractivity (Wildman–Crippen MR) is 130 cm³/mol. The second kappa shape index (κ2) is 13.1. The molecule has 31 heavy (non-hydrogen) atoms. The molecule has 0 fully saturated rings. The molecule has 0 aromatic heterocycles. The Kier molecular flexibility index (Phi) is 10.9. The first kappa shape index (κ1) is 25.7. The van der Waals surface area contributed by atoms with Crippen LogP contribution in [0.25, 0.3) is 0 Å². The summed E-state index contributed by atoms with van der Waals surface area (Å²) in [6.07, 6.45) is 14.3. The second-order valence-corrected chi connectivity index (χ2v) is 10.8. The number of rotatable bonds is 15. The van der Waals surface area contributed by atoms with Gasteiger partial charge in [-0.25, -0.2) is 0 Å². The van der Waals surface area contributed by atoms with Gasteiger partial charge in [-0.15, -0.1) is 0 Å². The highest BCUT2D eigenvalue weighted by Crippen LogP contribution is 2.35. The van der Waals surface area contributed by atoms with Crippen molar-refractivity contribution in [3.05, 3.63) is 23.3 Å². The molecule has 0 amide bonds. The lowest BCUT2D eigenvalue weighted by Crippen LogP contribution is -2.03. The van der Waals surface area contributed by atoms with Crippen molar-refractivity contribution in [1.29, 1.82) is 0 Å². The maximum absolute atomic E-state index is 11.6. The van der Waals surface area contributed by atoms with Crippen LogP contribution >= 0.6 is 0 Å². The zero-order chi connectivity index (χ0) is 22.8. The molecule has 1 N–H and O–H groups in total. The first-order valence-corrected chi connectivity index (χ1v) is 12.8. The van der Waals surface area contributed by atoms with Gasteiger partial charge in [-0.1, -0.05) is 92.4 Å². The van der Waals surface area contributed by atoms with E-state index in [-0.39, 0.29) is 18.1 Å². The summed E-state index contributed by atoms with van der Waals surface area (Å²) in [4.78, 5) is 11.6. The summed E-state index contributed by atoms with van der Waals surface area (Å²) in [6.45, 7) is 11.8. The van der Waals surface area contributed by atoms with E-state index < -0.39 is 0 Å². The van der Waals surface area contributed by atoms with Gasteiger partial charge >= 0.3 is 5.97 Å². The van der Waals surface area contributed by atoms with Gasteiger partial charge < -0.3 is 9.84 Å². The highest BCUT2D eigenvalue weighted by atomic mass is 16.5. The number of hydrogen-bond acceptors (Lipinski definition) is 3. The second-order valence-electron chi connectivity index (χ2n) is 10.8. The van der Waals surface area contributed by atoms with Crippen LogP contribution in [0.3, 0.4) is 0 Å². The average molecular weight is 431 g/mol. The van der Waals surface area contributed by atoms with Gasteiger partial charge in [0.15, 0.2) is 0 Å². The zero-order valence-corrected chi connectivity index (χ0v) is 20.7. The predicted octanol–water partition coefficient (Wildman–Crippen LogP) is 7.86. The minimum Gasteiger partial charge on any atom is -0.508 e. The first-order valence-electron chi connectivity index (χ1n) is 12.8. The van der Waals surface area contributed by atoms with E-state index in [9.17, 15) is 9.90 Å². The van der Waals surface area contributed by atoms with E-state index in [4.69, 9.17) is 4.74 Å². The summed E-state index contributed by atoms with van der Waals surface area (Å²) in [5.74, 6) is 3.91. The Hall–Kier alpha value is -1.51. The Morgan fingerprint density at radius 2 is 1.32 bits per heavy atom. The number of carbonyl (C=O) groups excluding carboxylic acids is 1. The number of aromatic hydroxyl groups is 1. The standard InChI is InChI=1S/C28H46O3/c1-20(2)9-6-10-21(3)11-7-12-22(4)13-8-14-23(5)15-16-24-17-26(29)18-25-19-27(30)31-28(24)25/h17-18,20-23,29H,6-16,19H2,1-5H3/t21-,22-,23-/m1/s1. The van der Waals surface area contributed by atoms with Crippen LogP contribution in [0.4, 0.5) is 0 Å². The Bertz CT molecular complexity index is 679. The van der Waals surface area contributed by atoms with Crippen LogP contribution in [0.5, 0.6) is 11.5 Å². The molecule has 3 atom stereocenters. The molecular weight excluding hydrogens is 384 g/mol. The highest BCUT2D eigenvalue weighted by molar-refractivity contribution is 5.82. The van der Waals surface area contributed by atoms with E-state index in [2.05, 4.69) is 34.6 Å². The van der Waals surface area contributed by atoms with Crippen molar-refractivity contribution < 1.29 is 14.6 Å². The largest absolute Gasteiger partial charge is 0.508 e. The Labute approximate surface area is 191 Å². The van der Waals surface area contributed by atoms with Crippen molar-refractivity contribution in [1.82, 2.24) is 0 Å². The maximum atomic E-state index is 11.6. The van der Waals surface area contributed by atoms with Crippen LogP contribution in [-0.4, -0.2) is 11.1 Å². The van der Waals surface area contributed by atoms with E-state index in [1.807, 2.05) is 0 Å². The molecule has 0 bridgehead atoms. The van der Waals surface area contributed by atoms with Crippen LogP contribution in [0.1, 0.15) is 110 Å². The lowest BCUT2D eigenvalue weighted by atomic mass is 9.90. The van der Waals surface area contributed by atoms with E-state index in [0.29, 0.717) is 11.7 Å². The summed E-state index contributed by atoms with van der Waals surface area (Å²) >= 11 is 0. The Morgan fingerprint density at radius 3 is 1.87 bits per heavy atom. The van der Waals surface area contributed by atoms with Crippen molar-refractivity contribution in [3.8, 4) is 11.5 Å². The first-order chi connectivity index (χ1) is 14.7. The summed E-state index contributed by atoms with van der Waals surface area (Å²) < 4.78 is 5.37. The fourth-order valence-corrected chi connectivity index (χ4v) is 4.83. The fraction of sp³-hybridized carbons (Fsp3) is 0.750. The number of esters is 1. The monoisotopic (exact) mass is 430 g/mol. The van der Waals surface area contributed by atoms with Gasteiger partial charge in [-0.05, 0) is 54.2 Å². The molecule has 1 aromatic rings. The molecule has 3 nitrogen and oxygen atoms in total. The number of phenols is 1. The molecule has 1 aliphatic heterocycles. The molecule has 0 saturated heterocycles. The SMILES string of the molecule is CC(C)CCC[C@@H](C)CCC[C@@H](C)CCC[C@@H](C)CCc1cc(O)cc2c1OC(=O)C2. The molecule has 1 heterocycles. The van der Waals surface area contributed by atoms with E-state index >= 15 is 0 Å². The van der Waals surface area contributed by atoms with Gasteiger partial charge in [0.25, 0.3) is 0 Å². The van der Waals surface area contributed by atoms with Crippen molar-refractivity contribution in [2.75, 3.05) is 0 Å². The number of aryl methyl sites for hydroxylation is 1. The van der Waals surface area contributed by atoms with E-state index in [1.165, 1.54) is 57.8 Å². The minimum absolute atomic E-state index is 0.214. The summed E-state index contributed by atoms with van der Waals surface area (Å²) in [5.41, 5.74) is 1.80. The molecule has 176 valence electrons. The highest BCUT2D eigenvalue weighted by Gasteiger charge is 2.24. The molecule has 0 radical (unpaired) electrons. The summed E-state index contributed by atoms with van der Waals surface area (Å²) in [5, 5.41) is 9.93. The molecule has 0 saturated carbocycles. The van der Waals surface area contributed by atoms with Gasteiger partial charge in [0.2, 0.25) is 0 Å².